The molecule has 0 atom stereocenters. The zero-order valence-corrected chi connectivity index (χ0v) is 3.92. The highest BCUT2D eigenvalue weighted by Crippen LogP contribution is 1.50. The van der Waals surface area contributed by atoms with E-state index in [0.29, 0.717) is 6.54 Å². The summed E-state index contributed by atoms with van der Waals surface area (Å²) < 4.78 is 0. The fraction of sp³-hybridized carbons (Fsp3) is 0.250. The number of hydrogen-bond acceptors (Lipinski definition) is 3. The lowest BCUT2D eigenvalue weighted by atomic mass is 10.7. The summed E-state index contributed by atoms with van der Waals surface area (Å²) in [4.78, 5) is 9.54. The molecule has 0 aromatic carbocycles. The Morgan fingerprint density at radius 2 is 2.43 bits per heavy atom. The second-order valence-corrected chi connectivity index (χ2v) is 0.934. The van der Waals surface area contributed by atoms with E-state index < -0.39 is 0 Å². The van der Waals surface area contributed by atoms with Gasteiger partial charge < -0.3 is 15.8 Å². The fourth-order valence-corrected chi connectivity index (χ4v) is 0.184. The van der Waals surface area contributed by atoms with E-state index in [2.05, 4.69) is 5.32 Å². The lowest BCUT2D eigenvalue weighted by Gasteiger charge is -1.84. The van der Waals surface area contributed by atoms with Gasteiger partial charge in [-0.3, -0.25) is 0 Å². The standard InChI is InChI=1S/C4H8N2O/c5-1-2-6-3-4-7/h1-2,4,6H,3,5H2/b2-1-. The highest BCUT2D eigenvalue weighted by molar-refractivity contribution is 5.52. The van der Waals surface area contributed by atoms with Gasteiger partial charge in [0.2, 0.25) is 0 Å². The zero-order valence-electron chi connectivity index (χ0n) is 3.92. The first kappa shape index (κ1) is 6.01. The Morgan fingerprint density at radius 3 is 2.86 bits per heavy atom. The van der Waals surface area contributed by atoms with Crippen LogP contribution in [-0.4, -0.2) is 12.8 Å². The molecule has 0 aliphatic carbocycles. The van der Waals surface area contributed by atoms with Gasteiger partial charge in [-0.05, 0) is 0 Å². The topological polar surface area (TPSA) is 55.1 Å². The highest BCUT2D eigenvalue weighted by Gasteiger charge is 1.67. The van der Waals surface area contributed by atoms with Crippen molar-refractivity contribution < 1.29 is 4.79 Å². The summed E-state index contributed by atoms with van der Waals surface area (Å²) in [5.74, 6) is 0. The largest absolute Gasteiger partial charge is 0.403 e. The third-order valence-electron chi connectivity index (χ3n) is 0.415. The average molecular weight is 100 g/mol. The molecule has 0 radical (unpaired) electrons. The maximum atomic E-state index is 9.54. The van der Waals surface area contributed by atoms with Crippen molar-refractivity contribution in [3.8, 4) is 0 Å². The summed E-state index contributed by atoms with van der Waals surface area (Å²) in [6, 6.07) is 0. The molecule has 0 spiro atoms. The predicted octanol–water partition coefficient (Wildman–Crippen LogP) is -0.795. The van der Waals surface area contributed by atoms with Crippen molar-refractivity contribution in [2.75, 3.05) is 6.54 Å². The third-order valence-corrected chi connectivity index (χ3v) is 0.415. The van der Waals surface area contributed by atoms with Crippen LogP contribution in [0.5, 0.6) is 0 Å². The molecule has 0 aliphatic rings. The Bertz CT molecular complexity index is 70.1. The Labute approximate surface area is 42.2 Å². The van der Waals surface area contributed by atoms with E-state index in [-0.39, 0.29) is 0 Å². The van der Waals surface area contributed by atoms with E-state index >= 15 is 0 Å². The minimum atomic E-state index is 0.327. The molecular formula is C4H8N2O. The van der Waals surface area contributed by atoms with Crippen LogP contribution in [0.25, 0.3) is 0 Å². The molecule has 0 amide bonds. The number of aldehydes is 1. The molecule has 0 bridgehead atoms. The molecule has 3 heteroatoms. The molecule has 0 saturated heterocycles. The van der Waals surface area contributed by atoms with E-state index in [1.54, 1.807) is 0 Å². The van der Waals surface area contributed by atoms with Crippen LogP contribution in [0.2, 0.25) is 0 Å². The molecule has 0 saturated carbocycles. The molecular weight excluding hydrogens is 92.1 g/mol. The van der Waals surface area contributed by atoms with Crippen LogP contribution in [0.15, 0.2) is 12.4 Å². The van der Waals surface area contributed by atoms with Gasteiger partial charge in [0, 0.05) is 12.4 Å². The fourth-order valence-electron chi connectivity index (χ4n) is 0.184. The maximum Gasteiger partial charge on any atom is 0.139 e. The molecule has 3 nitrogen and oxygen atoms in total. The first-order valence-electron chi connectivity index (χ1n) is 1.95. The van der Waals surface area contributed by atoms with E-state index in [4.69, 9.17) is 5.73 Å². The first-order chi connectivity index (χ1) is 3.41. The van der Waals surface area contributed by atoms with Crippen molar-refractivity contribution in [2.45, 2.75) is 0 Å². The lowest BCUT2D eigenvalue weighted by Crippen LogP contribution is -2.07. The van der Waals surface area contributed by atoms with Gasteiger partial charge in [-0.2, -0.15) is 0 Å². The predicted molar refractivity (Wildman–Crippen MR) is 27.4 cm³/mol. The number of nitrogens with two attached hydrogens (primary N) is 1. The Hall–Kier alpha value is -0.990. The van der Waals surface area contributed by atoms with Crippen LogP contribution < -0.4 is 11.1 Å². The van der Waals surface area contributed by atoms with Crippen molar-refractivity contribution >= 4 is 6.29 Å². The number of carbonyl (C=O) groups excluding carboxylic acids is 1. The first-order valence-corrected chi connectivity index (χ1v) is 1.95. The summed E-state index contributed by atoms with van der Waals surface area (Å²) in [6.07, 6.45) is 3.61. The third kappa shape index (κ3) is 5.01. The van der Waals surface area contributed by atoms with E-state index in [1.165, 1.54) is 12.4 Å². The van der Waals surface area contributed by atoms with Crippen LogP contribution in [0.3, 0.4) is 0 Å². The molecule has 0 aliphatic heterocycles. The van der Waals surface area contributed by atoms with Gasteiger partial charge in [-0.1, -0.05) is 0 Å². The number of nitrogens with one attached hydrogen (secondary N) is 1. The molecule has 40 valence electrons. The van der Waals surface area contributed by atoms with Gasteiger partial charge in [0.1, 0.15) is 6.29 Å². The summed E-state index contributed by atoms with van der Waals surface area (Å²) >= 11 is 0. The normalized spacial score (nSPS) is 9.14. The number of carbonyl (C=O) groups is 1. The molecule has 3 N–H and O–H groups in total. The summed E-state index contributed by atoms with van der Waals surface area (Å²) in [5, 5.41) is 2.61. The van der Waals surface area contributed by atoms with Crippen molar-refractivity contribution in [3.05, 3.63) is 12.4 Å². The van der Waals surface area contributed by atoms with Gasteiger partial charge in [0.25, 0.3) is 0 Å². The molecule has 0 aromatic rings. The Kier molecular flexibility index (Phi) is 4.30. The van der Waals surface area contributed by atoms with Gasteiger partial charge in [0.15, 0.2) is 0 Å². The van der Waals surface area contributed by atoms with Crippen molar-refractivity contribution in [2.24, 2.45) is 5.73 Å². The van der Waals surface area contributed by atoms with Gasteiger partial charge in [-0.25, -0.2) is 0 Å². The molecule has 0 aromatic heterocycles. The van der Waals surface area contributed by atoms with Gasteiger partial charge in [-0.15, -0.1) is 0 Å². The zero-order chi connectivity index (χ0) is 5.54. The van der Waals surface area contributed by atoms with Gasteiger partial charge >= 0.3 is 0 Å². The highest BCUT2D eigenvalue weighted by atomic mass is 16.1. The molecule has 0 heterocycles. The summed E-state index contributed by atoms with van der Waals surface area (Å²) in [6.45, 7) is 0.327. The minimum Gasteiger partial charge on any atom is -0.403 e. The van der Waals surface area contributed by atoms with Crippen LogP contribution >= 0.6 is 0 Å². The van der Waals surface area contributed by atoms with Crippen LogP contribution in [0, 0.1) is 0 Å². The number of rotatable bonds is 3. The smallest absolute Gasteiger partial charge is 0.139 e. The second kappa shape index (κ2) is 5.01. The monoisotopic (exact) mass is 100 g/mol. The van der Waals surface area contributed by atoms with Crippen LogP contribution in [0.1, 0.15) is 0 Å². The number of hydrogen-bond donors (Lipinski definition) is 2. The van der Waals surface area contributed by atoms with E-state index in [9.17, 15) is 4.79 Å². The van der Waals surface area contributed by atoms with Gasteiger partial charge in [0.05, 0.1) is 6.54 Å². The lowest BCUT2D eigenvalue weighted by molar-refractivity contribution is -0.107. The average Bonchev–Trinajstić information content (AvgIpc) is 1.69. The summed E-state index contributed by atoms with van der Waals surface area (Å²) in [5.41, 5.74) is 4.91. The SMILES string of the molecule is N/C=C\NCC=O. The minimum absolute atomic E-state index is 0.327. The van der Waals surface area contributed by atoms with E-state index in [0.717, 1.165) is 6.29 Å². The van der Waals surface area contributed by atoms with Crippen molar-refractivity contribution in [3.63, 3.8) is 0 Å². The van der Waals surface area contributed by atoms with E-state index in [1.807, 2.05) is 0 Å². The van der Waals surface area contributed by atoms with Crippen LogP contribution in [0.4, 0.5) is 0 Å². The quantitative estimate of drug-likeness (QED) is 0.361. The second-order valence-electron chi connectivity index (χ2n) is 0.934. The summed E-state index contributed by atoms with van der Waals surface area (Å²) in [7, 11) is 0. The maximum absolute atomic E-state index is 9.54. The molecule has 0 unspecified atom stereocenters. The van der Waals surface area contributed by atoms with Crippen molar-refractivity contribution in [1.29, 1.82) is 0 Å². The molecule has 7 heavy (non-hydrogen) atoms. The van der Waals surface area contributed by atoms with Crippen LogP contribution in [-0.2, 0) is 4.79 Å². The van der Waals surface area contributed by atoms with Crippen molar-refractivity contribution in [1.82, 2.24) is 5.32 Å². The Morgan fingerprint density at radius 1 is 1.71 bits per heavy atom. The Balaban J connectivity index is 2.82. The molecule has 0 fully saturated rings. The molecule has 0 rings (SSSR count).